The standard InChI is InChI=1S/C16H22BrNO/c17-15-5-6-16(14(9-15)11-19)18-8-7-12-3-1-2-4-13(12)10-18/h5-6,9,12-13,19H,1-4,7-8,10-11H2. The normalized spacial score (nSPS) is 27.2. The van der Waals surface area contributed by atoms with Crippen molar-refractivity contribution >= 4 is 21.6 Å². The Kier molecular flexibility index (Phi) is 4.13. The summed E-state index contributed by atoms with van der Waals surface area (Å²) in [6.07, 6.45) is 6.99. The molecule has 3 heteroatoms. The molecular formula is C16H22BrNO. The Morgan fingerprint density at radius 2 is 1.95 bits per heavy atom. The molecular weight excluding hydrogens is 302 g/mol. The third-order valence-electron chi connectivity index (χ3n) is 4.84. The third-order valence-corrected chi connectivity index (χ3v) is 5.34. The van der Waals surface area contributed by atoms with Gasteiger partial charge >= 0.3 is 0 Å². The second-order valence-electron chi connectivity index (χ2n) is 5.97. The molecule has 2 nitrogen and oxygen atoms in total. The Labute approximate surface area is 123 Å². The number of fused-ring (bicyclic) bond motifs is 1. The Balaban J connectivity index is 1.79. The average molecular weight is 324 g/mol. The summed E-state index contributed by atoms with van der Waals surface area (Å²) in [5.74, 6) is 1.83. The molecule has 1 saturated heterocycles. The highest BCUT2D eigenvalue weighted by Gasteiger charge is 2.31. The molecule has 1 aromatic rings. The second-order valence-corrected chi connectivity index (χ2v) is 6.89. The largest absolute Gasteiger partial charge is 0.392 e. The van der Waals surface area contributed by atoms with E-state index in [1.165, 1.54) is 44.3 Å². The summed E-state index contributed by atoms with van der Waals surface area (Å²) in [7, 11) is 0. The number of benzene rings is 1. The van der Waals surface area contributed by atoms with Gasteiger partial charge in [0.05, 0.1) is 6.61 Å². The zero-order chi connectivity index (χ0) is 13.2. The van der Waals surface area contributed by atoms with Crippen molar-refractivity contribution in [1.29, 1.82) is 0 Å². The van der Waals surface area contributed by atoms with Crippen molar-refractivity contribution in [3.05, 3.63) is 28.2 Å². The fourth-order valence-corrected chi connectivity index (χ4v) is 4.22. The lowest BCUT2D eigenvalue weighted by Crippen LogP contribution is -2.42. The van der Waals surface area contributed by atoms with Crippen LogP contribution >= 0.6 is 15.9 Å². The van der Waals surface area contributed by atoms with Crippen LogP contribution in [-0.2, 0) is 6.61 Å². The first-order valence-corrected chi connectivity index (χ1v) is 8.21. The number of nitrogens with zero attached hydrogens (tertiary/aromatic N) is 1. The van der Waals surface area contributed by atoms with Crippen molar-refractivity contribution in [2.45, 2.75) is 38.7 Å². The first-order chi connectivity index (χ1) is 9.28. The Hall–Kier alpha value is -0.540. The lowest BCUT2D eigenvalue weighted by Gasteiger charge is -2.42. The monoisotopic (exact) mass is 323 g/mol. The summed E-state index contributed by atoms with van der Waals surface area (Å²) < 4.78 is 1.05. The molecule has 2 aliphatic rings. The minimum atomic E-state index is 0.124. The van der Waals surface area contributed by atoms with Crippen LogP contribution in [0.25, 0.3) is 0 Å². The van der Waals surface area contributed by atoms with Gasteiger partial charge in [-0.05, 0) is 42.9 Å². The van der Waals surface area contributed by atoms with E-state index in [9.17, 15) is 5.11 Å². The van der Waals surface area contributed by atoms with Crippen molar-refractivity contribution in [2.75, 3.05) is 18.0 Å². The van der Waals surface area contributed by atoms with Crippen LogP contribution in [-0.4, -0.2) is 18.2 Å². The molecule has 1 aliphatic carbocycles. The van der Waals surface area contributed by atoms with Crippen LogP contribution in [0.3, 0.4) is 0 Å². The minimum absolute atomic E-state index is 0.124. The highest BCUT2D eigenvalue weighted by Crippen LogP contribution is 2.38. The highest BCUT2D eigenvalue weighted by atomic mass is 79.9. The van der Waals surface area contributed by atoms with Crippen LogP contribution in [0.15, 0.2) is 22.7 Å². The summed E-state index contributed by atoms with van der Waals surface area (Å²) >= 11 is 3.49. The van der Waals surface area contributed by atoms with Gasteiger partial charge in [0.15, 0.2) is 0 Å². The molecule has 0 aromatic heterocycles. The van der Waals surface area contributed by atoms with Crippen LogP contribution in [0.4, 0.5) is 5.69 Å². The number of halogens is 1. The van der Waals surface area contributed by atoms with Gasteiger partial charge in [0.1, 0.15) is 0 Å². The number of rotatable bonds is 2. The fraction of sp³-hybridized carbons (Fsp3) is 0.625. The van der Waals surface area contributed by atoms with Crippen molar-refractivity contribution in [3.8, 4) is 0 Å². The highest BCUT2D eigenvalue weighted by molar-refractivity contribution is 9.10. The van der Waals surface area contributed by atoms with E-state index < -0.39 is 0 Å². The summed E-state index contributed by atoms with van der Waals surface area (Å²) in [5.41, 5.74) is 2.28. The first-order valence-electron chi connectivity index (χ1n) is 7.42. The van der Waals surface area contributed by atoms with E-state index in [1.807, 2.05) is 6.07 Å². The van der Waals surface area contributed by atoms with Gasteiger partial charge in [-0.25, -0.2) is 0 Å². The number of piperidine rings is 1. The van der Waals surface area contributed by atoms with Crippen molar-refractivity contribution in [1.82, 2.24) is 0 Å². The maximum Gasteiger partial charge on any atom is 0.0702 e. The van der Waals surface area contributed by atoms with Gasteiger partial charge in [0, 0.05) is 28.8 Å². The molecule has 19 heavy (non-hydrogen) atoms. The molecule has 2 unspecified atom stereocenters. The van der Waals surface area contributed by atoms with Gasteiger partial charge in [0.25, 0.3) is 0 Å². The lowest BCUT2D eigenvalue weighted by molar-refractivity contribution is 0.202. The Morgan fingerprint density at radius 1 is 1.16 bits per heavy atom. The van der Waals surface area contributed by atoms with E-state index in [0.717, 1.165) is 28.4 Å². The number of hydrogen-bond acceptors (Lipinski definition) is 2. The van der Waals surface area contributed by atoms with Crippen molar-refractivity contribution in [3.63, 3.8) is 0 Å². The van der Waals surface area contributed by atoms with Gasteiger partial charge in [-0.1, -0.05) is 35.2 Å². The van der Waals surface area contributed by atoms with E-state index in [2.05, 4.69) is 33.0 Å². The van der Waals surface area contributed by atoms with Gasteiger partial charge in [0.2, 0.25) is 0 Å². The molecule has 2 fully saturated rings. The number of anilines is 1. The molecule has 1 aliphatic heterocycles. The number of aliphatic hydroxyl groups excluding tert-OH is 1. The molecule has 1 heterocycles. The summed E-state index contributed by atoms with van der Waals surface area (Å²) in [6, 6.07) is 6.28. The zero-order valence-corrected chi connectivity index (χ0v) is 12.9. The first kappa shape index (κ1) is 13.4. The van der Waals surface area contributed by atoms with Crippen molar-refractivity contribution in [2.24, 2.45) is 11.8 Å². The smallest absolute Gasteiger partial charge is 0.0702 e. The van der Waals surface area contributed by atoms with Crippen LogP contribution in [0.2, 0.25) is 0 Å². The Morgan fingerprint density at radius 3 is 2.74 bits per heavy atom. The van der Waals surface area contributed by atoms with Crippen LogP contribution in [0.5, 0.6) is 0 Å². The van der Waals surface area contributed by atoms with Gasteiger partial charge in [-0.2, -0.15) is 0 Å². The average Bonchev–Trinajstić information content (AvgIpc) is 2.46. The molecule has 1 N–H and O–H groups in total. The minimum Gasteiger partial charge on any atom is -0.392 e. The zero-order valence-electron chi connectivity index (χ0n) is 11.3. The van der Waals surface area contributed by atoms with Crippen LogP contribution in [0, 0.1) is 11.8 Å². The topological polar surface area (TPSA) is 23.5 Å². The lowest BCUT2D eigenvalue weighted by atomic mass is 9.75. The maximum atomic E-state index is 9.56. The SMILES string of the molecule is OCc1cc(Br)ccc1N1CCC2CCCCC2C1. The molecule has 3 rings (SSSR count). The summed E-state index contributed by atoms with van der Waals surface area (Å²) in [6.45, 7) is 2.45. The molecule has 2 atom stereocenters. The predicted octanol–water partition coefficient (Wildman–Crippen LogP) is 3.96. The fourth-order valence-electron chi connectivity index (χ4n) is 3.81. The molecule has 0 radical (unpaired) electrons. The van der Waals surface area contributed by atoms with E-state index in [1.54, 1.807) is 0 Å². The molecule has 0 amide bonds. The summed E-state index contributed by atoms with van der Waals surface area (Å²) in [5, 5.41) is 9.56. The van der Waals surface area contributed by atoms with Crippen molar-refractivity contribution < 1.29 is 5.11 Å². The molecule has 0 bridgehead atoms. The van der Waals surface area contributed by atoms with E-state index in [4.69, 9.17) is 0 Å². The maximum absolute atomic E-state index is 9.56. The summed E-state index contributed by atoms with van der Waals surface area (Å²) in [4.78, 5) is 2.49. The molecule has 1 aromatic carbocycles. The Bertz CT molecular complexity index is 448. The van der Waals surface area contributed by atoms with E-state index in [0.29, 0.717) is 0 Å². The van der Waals surface area contributed by atoms with Crippen LogP contribution < -0.4 is 4.90 Å². The second kappa shape index (κ2) is 5.84. The van der Waals surface area contributed by atoms with E-state index in [-0.39, 0.29) is 6.61 Å². The van der Waals surface area contributed by atoms with Gasteiger partial charge < -0.3 is 10.0 Å². The molecule has 0 spiro atoms. The quantitative estimate of drug-likeness (QED) is 0.890. The molecule has 1 saturated carbocycles. The third kappa shape index (κ3) is 2.82. The predicted molar refractivity (Wildman–Crippen MR) is 82.3 cm³/mol. The van der Waals surface area contributed by atoms with Gasteiger partial charge in [-0.3, -0.25) is 0 Å². The molecule has 104 valence electrons. The van der Waals surface area contributed by atoms with Gasteiger partial charge in [-0.15, -0.1) is 0 Å². The number of aliphatic hydroxyl groups is 1. The van der Waals surface area contributed by atoms with Crippen LogP contribution in [0.1, 0.15) is 37.7 Å². The number of hydrogen-bond donors (Lipinski definition) is 1. The van der Waals surface area contributed by atoms with E-state index >= 15 is 0 Å².